The Kier molecular flexibility index (Phi) is 49.7. The Bertz CT molecular complexity index is 3350. The second-order valence-electron chi connectivity index (χ2n) is 13.3. The number of anilines is 8. The number of rotatable bonds is 28. The van der Waals surface area contributed by atoms with Crippen molar-refractivity contribution in [2.45, 2.75) is 59.1 Å². The monoisotopic (exact) mass is 1350 g/mol. The molecule has 4 aromatic carbocycles. The van der Waals surface area contributed by atoms with Crippen LogP contribution < -0.4 is 224 Å². The second-order valence-corrected chi connectivity index (χ2v) is 19.7. The third-order valence-corrected chi connectivity index (χ3v) is 13.0. The molecule has 2 heterocycles. The van der Waals surface area contributed by atoms with Crippen molar-refractivity contribution >= 4 is 125 Å². The average molecular weight is 1350 g/mol. The Labute approximate surface area is 628 Å². The Morgan fingerprint density at radius 2 is 0.905 bits per heavy atom. The van der Waals surface area contributed by atoms with Crippen molar-refractivity contribution in [1.29, 1.82) is 0 Å². The SMILES string of the molecule is C.C.C.C.O=S(=O)([O-])c1ccc(SOO[O-])c(Nc2nc(Nc3ccc(/C=C/c4ccc(Nc5nc(Nc6cc(SOO[O-])ccc6S(=O)(=O)[O-])nc(OCCO)n5)cc4S(=O)(=O)[O-])c(SOO[O-])c3)nc(OCCO)n2)c1.[Na+].[Na+].[Na+].[Na+].[Na+].[Na+]. The summed E-state index contributed by atoms with van der Waals surface area (Å²) in [6.45, 7) is -1.63. The van der Waals surface area contributed by atoms with Gasteiger partial charge in [-0.2, -0.15) is 42.9 Å². The van der Waals surface area contributed by atoms with Crippen LogP contribution in [0.15, 0.2) is 102 Å². The fourth-order valence-electron chi connectivity index (χ4n) is 5.67. The predicted octanol–water partition coefficient (Wildman–Crippen LogP) is -15.1. The first-order valence-electron chi connectivity index (χ1n) is 19.4. The van der Waals surface area contributed by atoms with Crippen molar-refractivity contribution in [2.75, 3.05) is 47.7 Å². The van der Waals surface area contributed by atoms with Gasteiger partial charge in [0.1, 0.15) is 43.6 Å². The maximum atomic E-state index is 12.6. The van der Waals surface area contributed by atoms with Crippen molar-refractivity contribution in [1.82, 2.24) is 29.9 Å². The van der Waals surface area contributed by atoms with E-state index in [0.717, 1.165) is 42.5 Å². The van der Waals surface area contributed by atoms with Crippen LogP contribution in [0.2, 0.25) is 0 Å². The smallest absolute Gasteiger partial charge is 0.744 e. The van der Waals surface area contributed by atoms with Gasteiger partial charge in [0.2, 0.25) is 23.8 Å². The molecule has 32 nitrogen and oxygen atoms in total. The molecule has 0 fully saturated rings. The molecule has 0 atom stereocenters. The zero-order valence-corrected chi connectivity index (χ0v) is 59.0. The summed E-state index contributed by atoms with van der Waals surface area (Å²) in [7, 11) is -15.4. The normalized spacial score (nSPS) is 10.5. The van der Waals surface area contributed by atoms with Crippen molar-refractivity contribution in [3.05, 3.63) is 83.9 Å². The molecule has 0 saturated heterocycles. The zero-order valence-electron chi connectivity index (χ0n) is 42.1. The first-order chi connectivity index (χ1) is 35.3. The van der Waals surface area contributed by atoms with Crippen LogP contribution >= 0.6 is 36.1 Å². The molecule has 0 aliphatic carbocycles. The van der Waals surface area contributed by atoms with E-state index in [9.17, 15) is 64.9 Å². The molecule has 6 rings (SSSR count). The predicted molar refractivity (Wildman–Crippen MR) is 268 cm³/mol. The van der Waals surface area contributed by atoms with Crippen LogP contribution in [0, 0.1) is 0 Å². The van der Waals surface area contributed by atoms with Gasteiger partial charge in [0, 0.05) is 21.2 Å². The minimum atomic E-state index is -5.27. The van der Waals surface area contributed by atoms with Gasteiger partial charge in [0.25, 0.3) is 0 Å². The van der Waals surface area contributed by atoms with E-state index in [0.29, 0.717) is 36.1 Å². The molecule has 6 N–H and O–H groups in total. The first kappa shape index (κ1) is 92.5. The van der Waals surface area contributed by atoms with Crippen LogP contribution in [-0.4, -0.2) is 105 Å². The first-order valence-corrected chi connectivity index (χ1v) is 25.8. The Hall–Kier alpha value is -0.220. The second kappa shape index (κ2) is 45.1. The quantitative estimate of drug-likeness (QED) is 0.00663. The molecule has 428 valence electrons. The third kappa shape index (κ3) is 29.4. The van der Waals surface area contributed by atoms with E-state index in [1.165, 1.54) is 42.5 Å². The maximum Gasteiger partial charge on any atom is 1.00 e. The molecule has 0 bridgehead atoms. The number of nitrogens with one attached hydrogen (secondary N) is 4. The van der Waals surface area contributed by atoms with Crippen LogP contribution in [-0.2, 0) is 58.5 Å². The van der Waals surface area contributed by atoms with Crippen LogP contribution in [0.25, 0.3) is 12.2 Å². The van der Waals surface area contributed by atoms with Gasteiger partial charge in [0.15, 0.2) is 0 Å². The molecule has 0 spiro atoms. The maximum absolute atomic E-state index is 12.6. The number of aromatic nitrogens is 6. The van der Waals surface area contributed by atoms with Gasteiger partial charge in [-0.1, -0.05) is 54.0 Å². The number of aliphatic hydroxyl groups is 2. The molecule has 6 aromatic rings. The van der Waals surface area contributed by atoms with Crippen molar-refractivity contribution in [3.63, 3.8) is 0 Å². The molecule has 2 aromatic heterocycles. The number of aliphatic hydroxyl groups excluding tert-OH is 2. The summed E-state index contributed by atoms with van der Waals surface area (Å²) < 4.78 is 133. The summed E-state index contributed by atoms with van der Waals surface area (Å²) >= 11 is 1.09. The Balaban J connectivity index is -0.00000208. The van der Waals surface area contributed by atoms with E-state index < -0.39 is 81.8 Å². The molecular formula is C40H44N10Na6O22S6. The van der Waals surface area contributed by atoms with Crippen LogP contribution in [0.4, 0.5) is 46.5 Å². The summed E-state index contributed by atoms with van der Waals surface area (Å²) in [4.78, 5) is 22.4. The van der Waals surface area contributed by atoms with Gasteiger partial charge >= 0.3 is 189 Å². The van der Waals surface area contributed by atoms with E-state index >= 15 is 0 Å². The van der Waals surface area contributed by atoms with Crippen LogP contribution in [0.1, 0.15) is 40.8 Å². The molecule has 0 saturated carbocycles. The molecule has 0 unspecified atom stereocenters. The summed E-state index contributed by atoms with van der Waals surface area (Å²) in [6, 6.07) is 12.8. The molecule has 0 aliphatic rings. The fourth-order valence-corrected chi connectivity index (χ4v) is 8.81. The number of ether oxygens (including phenoxy) is 2. The summed E-state index contributed by atoms with van der Waals surface area (Å²) in [5.74, 6) is -1.48. The average Bonchev–Trinajstić information content (AvgIpc) is 3.34. The minimum absolute atomic E-state index is 0. The topological polar surface area (TPSA) is 481 Å². The summed E-state index contributed by atoms with van der Waals surface area (Å²) in [6.07, 6.45) is 2.55. The van der Waals surface area contributed by atoms with Gasteiger partial charge in [-0.25, -0.2) is 25.3 Å². The number of benzene rings is 4. The Morgan fingerprint density at radius 3 is 1.38 bits per heavy atom. The Morgan fingerprint density at radius 1 is 0.464 bits per heavy atom. The van der Waals surface area contributed by atoms with Crippen molar-refractivity contribution in [3.8, 4) is 12.0 Å². The standard InChI is InChI=1S/C36H34N10O22S6.4CH4.6Na/c47-11-13-61-35-43-31(41-33(45-35)39-25-18-24(72(52,53)54)8-9-27(25)70-67-64-50)37-21-5-3-19(28(15-21)71-68-65-51)1-2-20-4-6-22(16-30(20)74(58,59)60)38-32-42-34(46-36(44-32)62-14-12-48)40-26-17-23(69-66-63-49)7-10-29(26)73(55,56)57;;;;;;;;;;/h1-10,15-18,47-51H,11-14H2,(H,52,53,54)(H,55,56,57)(H,58,59,60)(H2,37,39,41,43,45)(H2,38,40,42,44,46);4*1H4;;;;;;/q;;;;;6*+1/p-6/b2-1+;;;;;;;;;;. The molecule has 84 heavy (non-hydrogen) atoms. The van der Waals surface area contributed by atoms with Gasteiger partial charge in [-0.15, -0.1) is 0 Å². The summed E-state index contributed by atoms with van der Waals surface area (Å²) in [5, 5.41) is 71.2. The number of nitrogens with zero attached hydrogens (tertiary/aromatic N) is 6. The molecule has 44 heteroatoms. The van der Waals surface area contributed by atoms with E-state index in [4.69, 9.17) is 9.47 Å². The zero-order chi connectivity index (χ0) is 53.5. The largest absolute Gasteiger partial charge is 1.00 e. The number of hydrogen-bond donors (Lipinski definition) is 6. The van der Waals surface area contributed by atoms with Crippen molar-refractivity contribution in [2.24, 2.45) is 0 Å². The molecular weight excluding hydrogens is 1300 g/mol. The number of hydrogen-bond acceptors (Lipinski definition) is 35. The van der Waals surface area contributed by atoms with Crippen LogP contribution in [0.5, 0.6) is 12.0 Å². The molecule has 0 amide bonds. The molecule has 0 radical (unpaired) electrons. The fraction of sp³-hybridized carbons (Fsp3) is 0.200. The van der Waals surface area contributed by atoms with Gasteiger partial charge in [0.05, 0.1) is 80.3 Å². The van der Waals surface area contributed by atoms with E-state index in [2.05, 4.69) is 79.3 Å². The van der Waals surface area contributed by atoms with Gasteiger partial charge in [-0.3, -0.25) is 15.1 Å². The van der Waals surface area contributed by atoms with Gasteiger partial charge in [-0.05, 0) is 71.8 Å². The van der Waals surface area contributed by atoms with E-state index in [1.54, 1.807) is 0 Å². The summed E-state index contributed by atoms with van der Waals surface area (Å²) in [5.41, 5.74) is -0.460. The van der Waals surface area contributed by atoms with E-state index in [-0.39, 0.29) is 281 Å². The van der Waals surface area contributed by atoms with Crippen LogP contribution in [0.3, 0.4) is 0 Å². The minimum Gasteiger partial charge on any atom is -0.744 e. The van der Waals surface area contributed by atoms with Gasteiger partial charge < -0.3 is 70.4 Å². The van der Waals surface area contributed by atoms with E-state index in [1.807, 2.05) is 0 Å². The molecule has 0 aliphatic heterocycles. The van der Waals surface area contributed by atoms with Crippen molar-refractivity contribution < 1.29 is 280 Å². The third-order valence-electron chi connectivity index (χ3n) is 8.54.